The third-order valence-corrected chi connectivity index (χ3v) is 5.05. The van der Waals surface area contributed by atoms with Gasteiger partial charge < -0.3 is 10.4 Å². The number of fused-ring (bicyclic) bond motifs is 3. The summed E-state index contributed by atoms with van der Waals surface area (Å²) in [5.74, 6) is -0.141. The maximum atomic E-state index is 11.3. The molecule has 2 aromatic rings. The van der Waals surface area contributed by atoms with Crippen LogP contribution in [0.2, 0.25) is 0 Å². The highest BCUT2D eigenvalue weighted by Gasteiger charge is 2.38. The largest absolute Gasteiger partial charge is 0.478 e. The zero-order valence-electron chi connectivity index (χ0n) is 13.0. The molecule has 23 heavy (non-hydrogen) atoms. The highest BCUT2D eigenvalue weighted by atomic mass is 16.4. The van der Waals surface area contributed by atoms with Crippen molar-refractivity contribution in [2.24, 2.45) is 5.92 Å². The van der Waals surface area contributed by atoms with E-state index < -0.39 is 5.97 Å². The average Bonchev–Trinajstić information content (AvgIpc) is 3.04. The van der Waals surface area contributed by atoms with Gasteiger partial charge in [0.1, 0.15) is 0 Å². The topological polar surface area (TPSA) is 49.3 Å². The first-order chi connectivity index (χ1) is 11.1. The zero-order chi connectivity index (χ0) is 16.0. The number of aryl methyl sites for hydroxylation is 1. The molecule has 0 radical (unpaired) electrons. The molecule has 3 nitrogen and oxygen atoms in total. The quantitative estimate of drug-likeness (QED) is 0.802. The minimum atomic E-state index is -0.869. The van der Waals surface area contributed by atoms with Crippen molar-refractivity contribution >= 4 is 11.7 Å². The number of anilines is 1. The Hall–Kier alpha value is -2.55. The second-order valence-corrected chi connectivity index (χ2v) is 6.49. The molecule has 2 aromatic carbocycles. The summed E-state index contributed by atoms with van der Waals surface area (Å²) in [6.07, 6.45) is 5.48. The number of allylic oxidation sites excluding steroid dienone is 2. The molecule has 4 rings (SSSR count). The Morgan fingerprint density at radius 1 is 1.17 bits per heavy atom. The monoisotopic (exact) mass is 305 g/mol. The van der Waals surface area contributed by atoms with E-state index in [-0.39, 0.29) is 12.0 Å². The molecule has 3 heteroatoms. The molecule has 0 saturated carbocycles. The van der Waals surface area contributed by atoms with E-state index in [4.69, 9.17) is 0 Å². The number of aromatic carboxylic acids is 1. The van der Waals surface area contributed by atoms with Gasteiger partial charge in [0.15, 0.2) is 0 Å². The Balaban J connectivity index is 1.77. The fraction of sp³-hybridized carbons (Fsp3) is 0.250. The molecule has 0 unspecified atom stereocenters. The minimum absolute atomic E-state index is 0.263. The van der Waals surface area contributed by atoms with Gasteiger partial charge >= 0.3 is 5.97 Å². The molecule has 0 amide bonds. The lowest BCUT2D eigenvalue weighted by Crippen LogP contribution is -2.29. The second-order valence-electron chi connectivity index (χ2n) is 6.49. The van der Waals surface area contributed by atoms with Gasteiger partial charge in [-0.3, -0.25) is 0 Å². The van der Waals surface area contributed by atoms with Gasteiger partial charge in [-0.05, 0) is 48.6 Å². The van der Waals surface area contributed by atoms with Crippen molar-refractivity contribution in [1.29, 1.82) is 0 Å². The Bertz CT molecular complexity index is 792. The number of rotatable bonds is 2. The molecule has 3 atom stereocenters. The molecule has 1 heterocycles. The lowest BCUT2D eigenvalue weighted by molar-refractivity contribution is 0.0696. The van der Waals surface area contributed by atoms with Gasteiger partial charge in [-0.25, -0.2) is 4.79 Å². The van der Waals surface area contributed by atoms with Crippen molar-refractivity contribution in [2.45, 2.75) is 25.3 Å². The van der Waals surface area contributed by atoms with Gasteiger partial charge in [0.25, 0.3) is 0 Å². The van der Waals surface area contributed by atoms with Crippen LogP contribution in [0.5, 0.6) is 0 Å². The predicted octanol–water partition coefficient (Wildman–Crippen LogP) is 4.52. The number of nitrogens with one attached hydrogen (secondary N) is 1. The van der Waals surface area contributed by atoms with Crippen LogP contribution in [0.4, 0.5) is 5.69 Å². The van der Waals surface area contributed by atoms with Crippen molar-refractivity contribution in [2.75, 3.05) is 5.32 Å². The van der Waals surface area contributed by atoms with Gasteiger partial charge in [0, 0.05) is 11.6 Å². The first-order valence-electron chi connectivity index (χ1n) is 8.00. The molecule has 0 saturated heterocycles. The minimum Gasteiger partial charge on any atom is -0.478 e. The SMILES string of the molecule is Cc1ccc([C@@H]2Nc3ccc(C(=O)O)cc3[C@@H]3C=CC[C@H]32)cc1. The molecule has 0 spiro atoms. The van der Waals surface area contributed by atoms with E-state index in [1.807, 2.05) is 12.1 Å². The zero-order valence-corrected chi connectivity index (χ0v) is 13.0. The van der Waals surface area contributed by atoms with E-state index in [0.29, 0.717) is 11.5 Å². The molecule has 1 aliphatic carbocycles. The third kappa shape index (κ3) is 2.33. The standard InChI is InChI=1S/C20H19NO2/c1-12-5-7-13(8-6-12)19-16-4-2-3-15(16)17-11-14(20(22)23)9-10-18(17)21-19/h2-3,5-11,15-16,19,21H,4H2,1H3,(H,22,23)/t15-,16-,19+/m1/s1. The van der Waals surface area contributed by atoms with E-state index in [9.17, 15) is 9.90 Å². The van der Waals surface area contributed by atoms with Gasteiger partial charge in [0.05, 0.1) is 11.6 Å². The van der Waals surface area contributed by atoms with Crippen LogP contribution in [-0.4, -0.2) is 11.1 Å². The van der Waals surface area contributed by atoms with Crippen molar-refractivity contribution in [3.8, 4) is 0 Å². The molecule has 0 bridgehead atoms. The third-order valence-electron chi connectivity index (χ3n) is 5.05. The normalized spacial score (nSPS) is 24.7. The Labute approximate surface area is 135 Å². The Morgan fingerprint density at radius 2 is 1.96 bits per heavy atom. The van der Waals surface area contributed by atoms with Gasteiger partial charge in [-0.2, -0.15) is 0 Å². The molecule has 1 aliphatic heterocycles. The molecule has 116 valence electrons. The van der Waals surface area contributed by atoms with Crippen molar-refractivity contribution in [3.63, 3.8) is 0 Å². The summed E-state index contributed by atoms with van der Waals surface area (Å²) < 4.78 is 0. The number of hydrogen-bond donors (Lipinski definition) is 2. The fourth-order valence-electron chi connectivity index (χ4n) is 3.83. The van der Waals surface area contributed by atoms with E-state index in [0.717, 1.165) is 17.7 Å². The fourth-order valence-corrected chi connectivity index (χ4v) is 3.83. The van der Waals surface area contributed by atoms with Crippen LogP contribution in [0.15, 0.2) is 54.6 Å². The van der Waals surface area contributed by atoms with E-state index in [2.05, 4.69) is 48.7 Å². The average molecular weight is 305 g/mol. The van der Waals surface area contributed by atoms with Gasteiger partial charge in [0.2, 0.25) is 0 Å². The maximum absolute atomic E-state index is 11.3. The van der Waals surface area contributed by atoms with Crippen LogP contribution in [0.25, 0.3) is 0 Å². The molecular weight excluding hydrogens is 286 g/mol. The van der Waals surface area contributed by atoms with Crippen LogP contribution < -0.4 is 5.32 Å². The van der Waals surface area contributed by atoms with Crippen molar-refractivity contribution in [1.82, 2.24) is 0 Å². The Kier molecular flexibility index (Phi) is 3.22. The van der Waals surface area contributed by atoms with Crippen LogP contribution in [0.1, 0.15) is 45.4 Å². The lowest BCUT2D eigenvalue weighted by atomic mass is 9.76. The summed E-state index contributed by atoms with van der Waals surface area (Å²) >= 11 is 0. The van der Waals surface area contributed by atoms with E-state index in [1.165, 1.54) is 11.1 Å². The summed E-state index contributed by atoms with van der Waals surface area (Å²) in [6.45, 7) is 2.10. The first kappa shape index (κ1) is 14.1. The number of hydrogen-bond acceptors (Lipinski definition) is 2. The van der Waals surface area contributed by atoms with Crippen molar-refractivity contribution in [3.05, 3.63) is 76.9 Å². The summed E-state index contributed by atoms with van der Waals surface area (Å²) in [5.41, 5.74) is 5.07. The van der Waals surface area contributed by atoms with Gasteiger partial charge in [-0.1, -0.05) is 42.0 Å². The van der Waals surface area contributed by atoms with E-state index >= 15 is 0 Å². The lowest BCUT2D eigenvalue weighted by Gasteiger charge is -2.37. The summed E-state index contributed by atoms with van der Waals surface area (Å²) in [7, 11) is 0. The number of benzene rings is 2. The highest BCUT2D eigenvalue weighted by molar-refractivity contribution is 5.89. The van der Waals surface area contributed by atoms with Crippen LogP contribution >= 0.6 is 0 Å². The molecular formula is C20H19NO2. The van der Waals surface area contributed by atoms with Crippen LogP contribution in [0, 0.1) is 12.8 Å². The highest BCUT2D eigenvalue weighted by Crippen LogP contribution is 2.49. The van der Waals surface area contributed by atoms with Crippen LogP contribution in [-0.2, 0) is 0 Å². The molecule has 2 N–H and O–H groups in total. The number of carboxylic acids is 1. The summed E-state index contributed by atoms with van der Waals surface area (Å²) in [4.78, 5) is 11.3. The number of carboxylic acid groups (broad SMARTS) is 1. The second kappa shape index (κ2) is 5.27. The molecule has 2 aliphatic rings. The smallest absolute Gasteiger partial charge is 0.335 e. The first-order valence-corrected chi connectivity index (χ1v) is 8.00. The van der Waals surface area contributed by atoms with E-state index in [1.54, 1.807) is 6.07 Å². The number of carbonyl (C=O) groups is 1. The maximum Gasteiger partial charge on any atom is 0.335 e. The Morgan fingerprint density at radius 3 is 2.70 bits per heavy atom. The predicted molar refractivity (Wildman–Crippen MR) is 90.9 cm³/mol. The molecule has 0 aromatic heterocycles. The van der Waals surface area contributed by atoms with Crippen LogP contribution in [0.3, 0.4) is 0 Å². The summed E-state index contributed by atoms with van der Waals surface area (Å²) in [6, 6.07) is 14.4. The van der Waals surface area contributed by atoms with Crippen molar-refractivity contribution < 1.29 is 9.90 Å². The van der Waals surface area contributed by atoms with Gasteiger partial charge in [-0.15, -0.1) is 0 Å². The molecule has 0 fully saturated rings. The summed E-state index contributed by atoms with van der Waals surface area (Å²) in [5, 5.41) is 12.9.